The summed E-state index contributed by atoms with van der Waals surface area (Å²) in [5, 5.41) is 6.01. The largest absolute Gasteiger partial charge is 0.497 e. The van der Waals surface area contributed by atoms with Crippen molar-refractivity contribution in [3.8, 4) is 5.75 Å². The van der Waals surface area contributed by atoms with Crippen LogP contribution in [0.2, 0.25) is 0 Å². The van der Waals surface area contributed by atoms with Crippen LogP contribution < -0.4 is 15.5 Å². The highest BCUT2D eigenvalue weighted by Crippen LogP contribution is 2.47. The van der Waals surface area contributed by atoms with E-state index in [9.17, 15) is 19.2 Å². The van der Waals surface area contributed by atoms with E-state index < -0.39 is 29.7 Å². The minimum absolute atomic E-state index is 0.167. The lowest BCUT2D eigenvalue weighted by molar-refractivity contribution is -0.141. The zero-order chi connectivity index (χ0) is 20.5. The summed E-state index contributed by atoms with van der Waals surface area (Å²) in [5.41, 5.74) is 2.65. The van der Waals surface area contributed by atoms with E-state index in [1.54, 1.807) is 24.3 Å². The number of carbonyl (C=O) groups is 4. The summed E-state index contributed by atoms with van der Waals surface area (Å²) >= 11 is 0. The number of benzene rings is 1. The number of amides is 5. The zero-order valence-electron chi connectivity index (χ0n) is 16.0. The molecule has 2 bridgehead atoms. The first kappa shape index (κ1) is 19.1. The van der Waals surface area contributed by atoms with Crippen LogP contribution in [-0.4, -0.2) is 48.0 Å². The molecule has 1 saturated heterocycles. The highest BCUT2D eigenvalue weighted by molar-refractivity contribution is 6.23. The fraction of sp³-hybridized carbons (Fsp3) is 0.450. The van der Waals surface area contributed by atoms with Crippen LogP contribution in [0.4, 0.5) is 4.79 Å². The van der Waals surface area contributed by atoms with Gasteiger partial charge in [0, 0.05) is 17.8 Å². The SMILES string of the molecule is COc1ccc(C(=O)N/N=C\[C@@H]2C(=O)NC(=O)N([C@@H]3C[C@H]4CC[C@H]3C4)C2=O)cc1. The number of fused-ring (bicyclic) bond motifs is 2. The molecule has 3 fully saturated rings. The van der Waals surface area contributed by atoms with Gasteiger partial charge in [0.25, 0.3) is 5.91 Å². The summed E-state index contributed by atoms with van der Waals surface area (Å²) in [5.74, 6) is -1.61. The van der Waals surface area contributed by atoms with Crippen molar-refractivity contribution in [2.24, 2.45) is 22.9 Å². The molecule has 1 aliphatic heterocycles. The molecule has 2 saturated carbocycles. The van der Waals surface area contributed by atoms with Crippen LogP contribution in [0.1, 0.15) is 36.0 Å². The van der Waals surface area contributed by atoms with E-state index in [2.05, 4.69) is 15.8 Å². The van der Waals surface area contributed by atoms with E-state index in [1.807, 2.05) is 0 Å². The van der Waals surface area contributed by atoms with Crippen molar-refractivity contribution < 1.29 is 23.9 Å². The number of barbiturate groups is 1. The molecule has 0 spiro atoms. The minimum Gasteiger partial charge on any atom is -0.497 e. The number of nitrogens with one attached hydrogen (secondary N) is 2. The van der Waals surface area contributed by atoms with Crippen molar-refractivity contribution in [2.45, 2.75) is 31.7 Å². The van der Waals surface area contributed by atoms with Gasteiger partial charge in [-0.15, -0.1) is 0 Å². The van der Waals surface area contributed by atoms with Crippen LogP contribution in [0, 0.1) is 17.8 Å². The molecule has 1 aromatic rings. The molecule has 4 rings (SSSR count). The maximum Gasteiger partial charge on any atom is 0.331 e. The van der Waals surface area contributed by atoms with E-state index in [-0.39, 0.29) is 6.04 Å². The predicted molar refractivity (Wildman–Crippen MR) is 102 cm³/mol. The molecule has 5 amide bonds. The molecule has 3 aliphatic rings. The lowest BCUT2D eigenvalue weighted by Crippen LogP contribution is -2.62. The Morgan fingerprint density at radius 3 is 2.59 bits per heavy atom. The van der Waals surface area contributed by atoms with Crippen molar-refractivity contribution in [2.75, 3.05) is 7.11 Å². The number of hydrogen-bond acceptors (Lipinski definition) is 6. The summed E-state index contributed by atoms with van der Waals surface area (Å²) in [4.78, 5) is 50.6. The summed E-state index contributed by atoms with van der Waals surface area (Å²) in [6, 6.07) is 5.57. The van der Waals surface area contributed by atoms with E-state index in [4.69, 9.17) is 4.74 Å². The van der Waals surface area contributed by atoms with Crippen LogP contribution >= 0.6 is 0 Å². The Hall–Kier alpha value is -3.23. The van der Waals surface area contributed by atoms with Gasteiger partial charge in [0.1, 0.15) is 5.75 Å². The normalized spacial score (nSPS) is 28.7. The van der Waals surface area contributed by atoms with Crippen LogP contribution in [0.15, 0.2) is 29.4 Å². The molecule has 2 aliphatic carbocycles. The molecule has 1 heterocycles. The van der Waals surface area contributed by atoms with E-state index in [0.29, 0.717) is 23.1 Å². The summed E-state index contributed by atoms with van der Waals surface area (Å²) < 4.78 is 5.04. The Balaban J connectivity index is 1.42. The van der Waals surface area contributed by atoms with Gasteiger partial charge in [-0.2, -0.15) is 5.10 Å². The van der Waals surface area contributed by atoms with E-state index in [0.717, 1.165) is 31.9 Å². The fourth-order valence-corrected chi connectivity index (χ4v) is 4.56. The van der Waals surface area contributed by atoms with Crippen LogP contribution in [0.5, 0.6) is 5.75 Å². The highest BCUT2D eigenvalue weighted by Gasteiger charge is 2.50. The van der Waals surface area contributed by atoms with Crippen molar-refractivity contribution >= 4 is 30.0 Å². The smallest absolute Gasteiger partial charge is 0.331 e. The first-order valence-corrected chi connectivity index (χ1v) is 9.63. The number of urea groups is 1. The van der Waals surface area contributed by atoms with Crippen molar-refractivity contribution in [3.05, 3.63) is 29.8 Å². The third-order valence-corrected chi connectivity index (χ3v) is 6.01. The molecular formula is C20H22N4O5. The topological polar surface area (TPSA) is 117 Å². The van der Waals surface area contributed by atoms with Gasteiger partial charge in [0.15, 0.2) is 5.92 Å². The number of nitrogens with zero attached hydrogens (tertiary/aromatic N) is 2. The van der Waals surface area contributed by atoms with Gasteiger partial charge in [0.05, 0.1) is 7.11 Å². The molecule has 0 unspecified atom stereocenters. The maximum atomic E-state index is 12.9. The monoisotopic (exact) mass is 398 g/mol. The quantitative estimate of drug-likeness (QED) is 0.440. The molecule has 4 atom stereocenters. The number of carbonyl (C=O) groups excluding carboxylic acids is 4. The molecule has 1 aromatic carbocycles. The Bertz CT molecular complexity index is 881. The van der Waals surface area contributed by atoms with Crippen LogP contribution in [0.3, 0.4) is 0 Å². The Labute approximate surface area is 167 Å². The summed E-state index contributed by atoms with van der Waals surface area (Å²) in [6.07, 6.45) is 5.01. The molecule has 9 nitrogen and oxygen atoms in total. The average Bonchev–Trinajstić information content (AvgIpc) is 3.34. The van der Waals surface area contributed by atoms with Gasteiger partial charge in [-0.25, -0.2) is 10.2 Å². The van der Waals surface area contributed by atoms with Crippen LogP contribution in [-0.2, 0) is 9.59 Å². The van der Waals surface area contributed by atoms with Gasteiger partial charge in [-0.1, -0.05) is 6.42 Å². The molecule has 152 valence electrons. The number of hydrogen-bond donors (Lipinski definition) is 2. The molecule has 2 N–H and O–H groups in total. The lowest BCUT2D eigenvalue weighted by Gasteiger charge is -2.36. The van der Waals surface area contributed by atoms with E-state index >= 15 is 0 Å². The Morgan fingerprint density at radius 1 is 1.21 bits per heavy atom. The second-order valence-electron chi connectivity index (χ2n) is 7.67. The average molecular weight is 398 g/mol. The summed E-state index contributed by atoms with van der Waals surface area (Å²) in [6.45, 7) is 0. The number of imide groups is 2. The number of rotatable bonds is 5. The Morgan fingerprint density at radius 2 is 1.97 bits per heavy atom. The molecule has 0 radical (unpaired) electrons. The number of methoxy groups -OCH3 is 1. The maximum absolute atomic E-state index is 12.9. The predicted octanol–water partition coefficient (Wildman–Crippen LogP) is 1.29. The van der Waals surface area contributed by atoms with Gasteiger partial charge in [-0.05, 0) is 55.4 Å². The van der Waals surface area contributed by atoms with Gasteiger partial charge in [0.2, 0.25) is 11.8 Å². The molecular weight excluding hydrogens is 376 g/mol. The second kappa shape index (κ2) is 7.65. The van der Waals surface area contributed by atoms with E-state index in [1.165, 1.54) is 12.0 Å². The third-order valence-electron chi connectivity index (χ3n) is 6.01. The van der Waals surface area contributed by atoms with Gasteiger partial charge < -0.3 is 4.74 Å². The standard InChI is InChI=1S/C20H22N4O5/c1-29-14-6-4-12(5-7-14)17(25)23-21-10-15-18(26)22-20(28)24(19(15)27)16-9-11-2-3-13(16)8-11/h4-7,10-11,13,15-16H,2-3,8-9H2,1H3,(H,23,25)(H,22,26,28)/b21-10-/t11-,13-,15+,16+/m0/s1. The Kier molecular flexibility index (Phi) is 5.04. The molecule has 9 heteroatoms. The molecule has 0 aromatic heterocycles. The number of ether oxygens (including phenoxy) is 1. The minimum atomic E-state index is -1.25. The fourth-order valence-electron chi connectivity index (χ4n) is 4.56. The van der Waals surface area contributed by atoms with Crippen molar-refractivity contribution in [3.63, 3.8) is 0 Å². The first-order chi connectivity index (χ1) is 14.0. The third kappa shape index (κ3) is 3.59. The van der Waals surface area contributed by atoms with Crippen molar-refractivity contribution in [1.82, 2.24) is 15.6 Å². The number of hydrazone groups is 1. The molecule has 29 heavy (non-hydrogen) atoms. The first-order valence-electron chi connectivity index (χ1n) is 9.63. The zero-order valence-corrected chi connectivity index (χ0v) is 16.0. The highest BCUT2D eigenvalue weighted by atomic mass is 16.5. The van der Waals surface area contributed by atoms with Gasteiger partial charge in [-0.3, -0.25) is 24.6 Å². The second-order valence-corrected chi connectivity index (χ2v) is 7.67. The summed E-state index contributed by atoms with van der Waals surface area (Å²) in [7, 11) is 1.52. The lowest BCUT2D eigenvalue weighted by atomic mass is 9.92. The van der Waals surface area contributed by atoms with Gasteiger partial charge >= 0.3 is 6.03 Å². The van der Waals surface area contributed by atoms with Crippen molar-refractivity contribution in [1.29, 1.82) is 0 Å². The van der Waals surface area contributed by atoms with Crippen LogP contribution in [0.25, 0.3) is 0 Å².